The van der Waals surface area contributed by atoms with Crippen molar-refractivity contribution in [3.63, 3.8) is 0 Å². The lowest BCUT2D eigenvalue weighted by atomic mass is 9.93. The van der Waals surface area contributed by atoms with Crippen LogP contribution in [0.1, 0.15) is 45.5 Å². The summed E-state index contributed by atoms with van der Waals surface area (Å²) in [7, 11) is -3.49. The SMILES string of the molecule is CC(N)C1CCCN(S(=O)(=O)c2ccc3nc(C(C)(C)C)sc3c2)C1. The summed E-state index contributed by atoms with van der Waals surface area (Å²) in [5.74, 6) is 0.225. The number of rotatable bonds is 3. The van der Waals surface area contributed by atoms with E-state index in [4.69, 9.17) is 5.73 Å². The Morgan fingerprint density at radius 1 is 1.36 bits per heavy atom. The molecule has 2 heterocycles. The maximum Gasteiger partial charge on any atom is 0.243 e. The zero-order valence-electron chi connectivity index (χ0n) is 15.3. The van der Waals surface area contributed by atoms with Gasteiger partial charge in [-0.2, -0.15) is 4.31 Å². The maximum atomic E-state index is 13.1. The quantitative estimate of drug-likeness (QED) is 0.885. The lowest BCUT2D eigenvalue weighted by Gasteiger charge is -2.33. The third-order valence-electron chi connectivity index (χ3n) is 4.80. The molecule has 1 fully saturated rings. The molecule has 1 aromatic carbocycles. The van der Waals surface area contributed by atoms with E-state index in [0.29, 0.717) is 18.0 Å². The van der Waals surface area contributed by atoms with Gasteiger partial charge in [-0.1, -0.05) is 20.8 Å². The van der Waals surface area contributed by atoms with Crippen LogP contribution in [0.15, 0.2) is 23.1 Å². The minimum Gasteiger partial charge on any atom is -0.328 e. The van der Waals surface area contributed by atoms with E-state index in [0.717, 1.165) is 28.1 Å². The molecule has 2 atom stereocenters. The van der Waals surface area contributed by atoms with Crippen molar-refractivity contribution < 1.29 is 8.42 Å². The molecule has 25 heavy (non-hydrogen) atoms. The lowest BCUT2D eigenvalue weighted by Crippen LogP contribution is -2.44. The van der Waals surface area contributed by atoms with Crippen LogP contribution in [-0.2, 0) is 15.4 Å². The van der Waals surface area contributed by atoms with E-state index in [-0.39, 0.29) is 17.4 Å². The molecule has 5 nitrogen and oxygen atoms in total. The Labute approximate surface area is 154 Å². The van der Waals surface area contributed by atoms with Crippen LogP contribution in [0, 0.1) is 5.92 Å². The molecule has 138 valence electrons. The second-order valence-electron chi connectivity index (χ2n) is 8.02. The molecule has 0 saturated carbocycles. The first-order chi connectivity index (χ1) is 11.6. The standard InChI is InChI=1S/C18H27N3O2S2/c1-12(19)13-6-5-9-21(11-13)25(22,23)14-7-8-15-16(10-14)24-17(20-15)18(2,3)4/h7-8,10,12-13H,5-6,9,11,19H2,1-4H3. The van der Waals surface area contributed by atoms with Gasteiger partial charge in [-0.25, -0.2) is 13.4 Å². The summed E-state index contributed by atoms with van der Waals surface area (Å²) in [6.07, 6.45) is 1.86. The summed E-state index contributed by atoms with van der Waals surface area (Å²) in [5.41, 5.74) is 6.82. The molecule has 3 rings (SSSR count). The molecular weight excluding hydrogens is 354 g/mol. The predicted octanol–water partition coefficient (Wildman–Crippen LogP) is 3.34. The van der Waals surface area contributed by atoms with Crippen LogP contribution in [0.2, 0.25) is 0 Å². The van der Waals surface area contributed by atoms with Gasteiger partial charge in [0.05, 0.1) is 20.1 Å². The molecule has 2 unspecified atom stereocenters. The van der Waals surface area contributed by atoms with Gasteiger partial charge in [-0.3, -0.25) is 0 Å². The van der Waals surface area contributed by atoms with Gasteiger partial charge in [0.15, 0.2) is 0 Å². The van der Waals surface area contributed by atoms with Gasteiger partial charge in [0.25, 0.3) is 0 Å². The predicted molar refractivity (Wildman–Crippen MR) is 103 cm³/mol. The average molecular weight is 382 g/mol. The highest BCUT2D eigenvalue weighted by Gasteiger charge is 2.32. The fraction of sp³-hybridized carbons (Fsp3) is 0.611. The third kappa shape index (κ3) is 3.74. The number of fused-ring (bicyclic) bond motifs is 1. The number of sulfonamides is 1. The topological polar surface area (TPSA) is 76.3 Å². The van der Waals surface area contributed by atoms with Gasteiger partial charge in [0.2, 0.25) is 10.0 Å². The largest absolute Gasteiger partial charge is 0.328 e. The summed E-state index contributed by atoms with van der Waals surface area (Å²) < 4.78 is 28.7. The van der Waals surface area contributed by atoms with Crippen LogP contribution in [0.25, 0.3) is 10.2 Å². The second-order valence-corrected chi connectivity index (χ2v) is 11.0. The molecule has 0 bridgehead atoms. The minimum absolute atomic E-state index is 0.0105. The first-order valence-corrected chi connectivity index (χ1v) is 11.0. The first-order valence-electron chi connectivity index (χ1n) is 8.76. The third-order valence-corrected chi connectivity index (χ3v) is 8.11. The van der Waals surface area contributed by atoms with Crippen molar-refractivity contribution in [3.05, 3.63) is 23.2 Å². The zero-order chi connectivity index (χ0) is 18.4. The number of thiazole rings is 1. The molecule has 7 heteroatoms. The Bertz CT molecular complexity index is 866. The molecule has 0 aliphatic carbocycles. The molecular formula is C18H27N3O2S2. The Morgan fingerprint density at radius 3 is 2.72 bits per heavy atom. The van der Waals surface area contributed by atoms with Crippen LogP contribution in [0.5, 0.6) is 0 Å². The molecule has 1 aliphatic heterocycles. The van der Waals surface area contributed by atoms with Crippen LogP contribution < -0.4 is 5.73 Å². The molecule has 1 aromatic heterocycles. The van der Waals surface area contributed by atoms with Gasteiger partial charge in [0, 0.05) is 24.5 Å². The maximum absolute atomic E-state index is 13.1. The second kappa shape index (κ2) is 6.61. The van der Waals surface area contributed by atoms with Crippen molar-refractivity contribution in [1.82, 2.24) is 9.29 Å². The summed E-state index contributed by atoms with van der Waals surface area (Å²) in [5, 5.41) is 1.02. The molecule has 1 saturated heterocycles. The van der Waals surface area contributed by atoms with E-state index in [1.807, 2.05) is 13.0 Å². The van der Waals surface area contributed by atoms with Crippen molar-refractivity contribution in [2.24, 2.45) is 11.7 Å². The van der Waals surface area contributed by atoms with Gasteiger partial charge >= 0.3 is 0 Å². The summed E-state index contributed by atoms with van der Waals surface area (Å²) in [6, 6.07) is 5.28. The van der Waals surface area contributed by atoms with Gasteiger partial charge < -0.3 is 5.73 Å². The summed E-state index contributed by atoms with van der Waals surface area (Å²) in [6.45, 7) is 9.38. The van der Waals surface area contributed by atoms with Crippen molar-refractivity contribution >= 4 is 31.6 Å². The lowest BCUT2D eigenvalue weighted by molar-refractivity contribution is 0.243. The Morgan fingerprint density at radius 2 is 2.08 bits per heavy atom. The molecule has 0 radical (unpaired) electrons. The van der Waals surface area contributed by atoms with Gasteiger partial charge in [0.1, 0.15) is 0 Å². The van der Waals surface area contributed by atoms with Crippen LogP contribution >= 0.6 is 11.3 Å². The van der Waals surface area contributed by atoms with E-state index >= 15 is 0 Å². The fourth-order valence-corrected chi connectivity index (χ4v) is 5.86. The Kier molecular flexibility index (Phi) is 4.96. The van der Waals surface area contributed by atoms with Crippen LogP contribution in [0.3, 0.4) is 0 Å². The van der Waals surface area contributed by atoms with Crippen molar-refractivity contribution in [3.8, 4) is 0 Å². The molecule has 2 aromatic rings. The Hall–Kier alpha value is -1.02. The smallest absolute Gasteiger partial charge is 0.243 e. The highest BCUT2D eigenvalue weighted by molar-refractivity contribution is 7.89. The minimum atomic E-state index is -3.49. The fourth-order valence-electron chi connectivity index (χ4n) is 3.16. The monoisotopic (exact) mass is 381 g/mol. The van der Waals surface area contributed by atoms with E-state index in [2.05, 4.69) is 25.8 Å². The van der Waals surface area contributed by atoms with Crippen molar-refractivity contribution in [1.29, 1.82) is 0 Å². The van der Waals surface area contributed by atoms with E-state index in [9.17, 15) is 8.42 Å². The number of benzene rings is 1. The molecule has 0 spiro atoms. The van der Waals surface area contributed by atoms with Crippen LogP contribution in [-0.4, -0.2) is 36.8 Å². The average Bonchev–Trinajstić information content (AvgIpc) is 2.98. The number of piperidine rings is 1. The highest BCUT2D eigenvalue weighted by atomic mass is 32.2. The zero-order valence-corrected chi connectivity index (χ0v) is 17.0. The highest BCUT2D eigenvalue weighted by Crippen LogP contribution is 2.33. The molecule has 2 N–H and O–H groups in total. The summed E-state index contributed by atoms with van der Waals surface area (Å²) >= 11 is 1.57. The van der Waals surface area contributed by atoms with Gasteiger partial charge in [-0.15, -0.1) is 11.3 Å². The van der Waals surface area contributed by atoms with Crippen LogP contribution in [0.4, 0.5) is 0 Å². The number of aromatic nitrogens is 1. The van der Waals surface area contributed by atoms with E-state index in [1.54, 1.807) is 27.8 Å². The van der Waals surface area contributed by atoms with Crippen molar-refractivity contribution in [2.75, 3.05) is 13.1 Å². The van der Waals surface area contributed by atoms with E-state index < -0.39 is 10.0 Å². The number of nitrogens with zero attached hydrogens (tertiary/aromatic N) is 2. The van der Waals surface area contributed by atoms with E-state index in [1.165, 1.54) is 0 Å². The Balaban J connectivity index is 1.94. The van der Waals surface area contributed by atoms with Crippen molar-refractivity contribution in [2.45, 2.75) is 56.9 Å². The number of nitrogens with two attached hydrogens (primary N) is 1. The molecule has 0 amide bonds. The number of hydrogen-bond donors (Lipinski definition) is 1. The first kappa shape index (κ1) is 18.8. The molecule has 1 aliphatic rings. The normalized spacial score (nSPS) is 21.6. The summed E-state index contributed by atoms with van der Waals surface area (Å²) in [4.78, 5) is 5.00. The number of hydrogen-bond acceptors (Lipinski definition) is 5. The van der Waals surface area contributed by atoms with Gasteiger partial charge in [-0.05, 0) is 43.9 Å².